The Morgan fingerprint density at radius 2 is 1.16 bits per heavy atom. The average Bonchev–Trinajstić information content (AvgIpc) is 2.88. The number of hydrogen-bond donors (Lipinski definition) is 0. The maximum Gasteiger partial charge on any atom is 0.0436 e. The van der Waals surface area contributed by atoms with Gasteiger partial charge in [0.05, 0.1) is 0 Å². The molecule has 0 saturated carbocycles. The summed E-state index contributed by atoms with van der Waals surface area (Å²) in [5.41, 5.74) is 4.23. The molecule has 1 heterocycles. The van der Waals surface area contributed by atoms with E-state index in [4.69, 9.17) is 0 Å². The maximum atomic E-state index is 2.43. The highest BCUT2D eigenvalue weighted by atomic mass is 15.1. The zero-order valence-electron chi connectivity index (χ0n) is 10.7. The summed E-state index contributed by atoms with van der Waals surface area (Å²) < 4.78 is 0. The number of anilines is 1. The van der Waals surface area contributed by atoms with Crippen LogP contribution in [0.3, 0.4) is 0 Å². The fraction of sp³-hybridized carbons (Fsp3) is 0.111. The van der Waals surface area contributed by atoms with Crippen LogP contribution in [0.25, 0.3) is 10.8 Å². The van der Waals surface area contributed by atoms with Crippen LogP contribution in [0.4, 0.5) is 5.69 Å². The standard InChI is InChI=1S/C18H15N/c1-2-8-18(9-3-1)19-12-16-10-14-6-4-5-7-15(14)11-17(16)13-19/h1-11H,12-13H2. The van der Waals surface area contributed by atoms with Crippen LogP contribution in [0.2, 0.25) is 0 Å². The lowest BCUT2D eigenvalue weighted by Crippen LogP contribution is -2.13. The van der Waals surface area contributed by atoms with Gasteiger partial charge in [0.1, 0.15) is 0 Å². The first kappa shape index (κ1) is 10.6. The predicted octanol–water partition coefficient (Wildman–Crippen LogP) is 4.36. The maximum absolute atomic E-state index is 2.43. The molecule has 0 radical (unpaired) electrons. The second kappa shape index (κ2) is 4.13. The minimum absolute atomic E-state index is 1.02. The highest BCUT2D eigenvalue weighted by molar-refractivity contribution is 5.84. The van der Waals surface area contributed by atoms with E-state index in [9.17, 15) is 0 Å². The third-order valence-electron chi connectivity index (χ3n) is 3.91. The smallest absolute Gasteiger partial charge is 0.0436 e. The highest BCUT2D eigenvalue weighted by Gasteiger charge is 2.19. The van der Waals surface area contributed by atoms with Crippen LogP contribution in [-0.2, 0) is 13.1 Å². The van der Waals surface area contributed by atoms with Gasteiger partial charge in [-0.1, -0.05) is 42.5 Å². The van der Waals surface area contributed by atoms with Crippen molar-refractivity contribution < 1.29 is 0 Å². The number of benzene rings is 3. The van der Waals surface area contributed by atoms with Crippen molar-refractivity contribution in [1.29, 1.82) is 0 Å². The summed E-state index contributed by atoms with van der Waals surface area (Å²) in [4.78, 5) is 2.43. The number of para-hydroxylation sites is 1. The van der Waals surface area contributed by atoms with E-state index in [2.05, 4.69) is 71.6 Å². The van der Waals surface area contributed by atoms with Gasteiger partial charge in [0.2, 0.25) is 0 Å². The van der Waals surface area contributed by atoms with Crippen molar-refractivity contribution in [1.82, 2.24) is 0 Å². The molecule has 0 bridgehead atoms. The third-order valence-corrected chi connectivity index (χ3v) is 3.91. The van der Waals surface area contributed by atoms with Crippen LogP contribution in [-0.4, -0.2) is 0 Å². The summed E-state index contributed by atoms with van der Waals surface area (Å²) in [6.45, 7) is 2.04. The summed E-state index contributed by atoms with van der Waals surface area (Å²) in [5.74, 6) is 0. The number of rotatable bonds is 1. The molecule has 1 aliphatic rings. The van der Waals surface area contributed by atoms with E-state index in [0.29, 0.717) is 0 Å². The second-order valence-electron chi connectivity index (χ2n) is 5.16. The Morgan fingerprint density at radius 3 is 1.74 bits per heavy atom. The van der Waals surface area contributed by atoms with Gasteiger partial charge >= 0.3 is 0 Å². The zero-order chi connectivity index (χ0) is 12.7. The molecule has 0 atom stereocenters. The van der Waals surface area contributed by atoms with Crippen LogP contribution in [0.5, 0.6) is 0 Å². The van der Waals surface area contributed by atoms with Gasteiger partial charge in [-0.3, -0.25) is 0 Å². The van der Waals surface area contributed by atoms with Crippen molar-refractivity contribution in [2.24, 2.45) is 0 Å². The molecule has 92 valence electrons. The molecule has 0 saturated heterocycles. The monoisotopic (exact) mass is 245 g/mol. The van der Waals surface area contributed by atoms with Gasteiger partial charge in [0.15, 0.2) is 0 Å². The molecule has 0 amide bonds. The molecule has 1 heteroatoms. The van der Waals surface area contributed by atoms with Crippen LogP contribution in [0, 0.1) is 0 Å². The average molecular weight is 245 g/mol. The molecular formula is C18H15N. The van der Waals surface area contributed by atoms with Crippen molar-refractivity contribution in [3.63, 3.8) is 0 Å². The normalized spacial score (nSPS) is 13.8. The Balaban J connectivity index is 1.76. The van der Waals surface area contributed by atoms with E-state index in [1.165, 1.54) is 27.6 Å². The quantitative estimate of drug-likeness (QED) is 0.615. The first-order valence-electron chi connectivity index (χ1n) is 6.71. The van der Waals surface area contributed by atoms with Gasteiger partial charge < -0.3 is 4.90 Å². The number of hydrogen-bond acceptors (Lipinski definition) is 1. The Kier molecular flexibility index (Phi) is 2.31. The number of nitrogens with zero attached hydrogens (tertiary/aromatic N) is 1. The number of fused-ring (bicyclic) bond motifs is 2. The highest BCUT2D eigenvalue weighted by Crippen LogP contribution is 2.31. The topological polar surface area (TPSA) is 3.24 Å². The first-order chi connectivity index (χ1) is 9.40. The zero-order valence-corrected chi connectivity index (χ0v) is 10.7. The molecule has 0 unspecified atom stereocenters. The summed E-state index contributed by atoms with van der Waals surface area (Å²) in [5, 5.41) is 2.69. The molecule has 4 rings (SSSR count). The predicted molar refractivity (Wildman–Crippen MR) is 80.3 cm³/mol. The van der Waals surface area contributed by atoms with Crippen molar-refractivity contribution >= 4 is 16.5 Å². The minimum atomic E-state index is 1.02. The Bertz CT molecular complexity index is 687. The van der Waals surface area contributed by atoms with E-state index >= 15 is 0 Å². The van der Waals surface area contributed by atoms with E-state index in [1.54, 1.807) is 0 Å². The van der Waals surface area contributed by atoms with Crippen molar-refractivity contribution in [2.75, 3.05) is 4.90 Å². The molecule has 1 nitrogen and oxygen atoms in total. The molecule has 0 aliphatic carbocycles. The Morgan fingerprint density at radius 1 is 0.632 bits per heavy atom. The lowest BCUT2D eigenvalue weighted by atomic mass is 10.0. The van der Waals surface area contributed by atoms with Crippen molar-refractivity contribution in [3.05, 3.63) is 77.9 Å². The third kappa shape index (κ3) is 1.78. The van der Waals surface area contributed by atoms with Gasteiger partial charge in [-0.05, 0) is 46.2 Å². The van der Waals surface area contributed by atoms with Gasteiger partial charge in [0, 0.05) is 18.8 Å². The molecule has 3 aromatic rings. The van der Waals surface area contributed by atoms with Gasteiger partial charge in [-0.25, -0.2) is 0 Å². The minimum Gasteiger partial charge on any atom is -0.363 e. The van der Waals surface area contributed by atoms with Crippen LogP contribution < -0.4 is 4.90 Å². The van der Waals surface area contributed by atoms with E-state index < -0.39 is 0 Å². The van der Waals surface area contributed by atoms with Crippen LogP contribution in [0.1, 0.15) is 11.1 Å². The molecule has 0 fully saturated rings. The lowest BCUT2D eigenvalue weighted by molar-refractivity contribution is 0.881. The molecule has 0 aromatic heterocycles. The fourth-order valence-corrected chi connectivity index (χ4v) is 2.92. The van der Waals surface area contributed by atoms with Crippen molar-refractivity contribution in [3.8, 4) is 0 Å². The largest absolute Gasteiger partial charge is 0.363 e. The Labute approximate surface area is 113 Å². The Hall–Kier alpha value is -2.28. The second-order valence-corrected chi connectivity index (χ2v) is 5.16. The molecular weight excluding hydrogens is 230 g/mol. The van der Waals surface area contributed by atoms with Crippen LogP contribution >= 0.6 is 0 Å². The van der Waals surface area contributed by atoms with Gasteiger partial charge in [-0.15, -0.1) is 0 Å². The first-order valence-corrected chi connectivity index (χ1v) is 6.71. The summed E-state index contributed by atoms with van der Waals surface area (Å²) in [6.07, 6.45) is 0. The van der Waals surface area contributed by atoms with Crippen LogP contribution in [0.15, 0.2) is 66.7 Å². The summed E-state index contributed by atoms with van der Waals surface area (Å²) >= 11 is 0. The molecule has 0 spiro atoms. The van der Waals surface area contributed by atoms with E-state index in [1.807, 2.05) is 0 Å². The van der Waals surface area contributed by atoms with Gasteiger partial charge in [0.25, 0.3) is 0 Å². The molecule has 19 heavy (non-hydrogen) atoms. The molecule has 0 N–H and O–H groups in total. The molecule has 1 aliphatic heterocycles. The molecule has 3 aromatic carbocycles. The van der Waals surface area contributed by atoms with Crippen molar-refractivity contribution in [2.45, 2.75) is 13.1 Å². The lowest BCUT2D eigenvalue weighted by Gasteiger charge is -2.17. The summed E-state index contributed by atoms with van der Waals surface area (Å²) in [7, 11) is 0. The van der Waals surface area contributed by atoms with E-state index in [0.717, 1.165) is 13.1 Å². The van der Waals surface area contributed by atoms with E-state index in [-0.39, 0.29) is 0 Å². The summed E-state index contributed by atoms with van der Waals surface area (Å²) in [6, 6.07) is 23.9. The SMILES string of the molecule is c1ccc(N2Cc3cc4ccccc4cc3C2)cc1. The van der Waals surface area contributed by atoms with Gasteiger partial charge in [-0.2, -0.15) is 0 Å². The fourth-order valence-electron chi connectivity index (χ4n) is 2.92.